The summed E-state index contributed by atoms with van der Waals surface area (Å²) in [5, 5.41) is 2.11. The molecular weight excluding hydrogens is 272 g/mol. The zero-order valence-corrected chi connectivity index (χ0v) is 14.3. The molecule has 0 aromatic carbocycles. The molecule has 0 radical (unpaired) electrons. The van der Waals surface area contributed by atoms with E-state index in [1.807, 2.05) is 0 Å². The van der Waals surface area contributed by atoms with E-state index < -0.39 is 8.24 Å². The van der Waals surface area contributed by atoms with Gasteiger partial charge < -0.3 is 4.57 Å². The fraction of sp³-hybridized carbons (Fsp3) is 0.643. The first-order valence-electron chi connectivity index (χ1n) is 7.02. The predicted octanol–water partition coefficient (Wildman–Crippen LogP) is 3.18. The van der Waals surface area contributed by atoms with Crippen LogP contribution in [-0.2, 0) is 4.79 Å². The van der Waals surface area contributed by atoms with E-state index in [1.165, 1.54) is 4.88 Å². The number of carbonyl (C=O) groups excluding carboxylic acids is 1. The molecule has 1 aromatic rings. The molecule has 0 saturated carbocycles. The van der Waals surface area contributed by atoms with Crippen LogP contribution in [0, 0.1) is 0 Å². The summed E-state index contributed by atoms with van der Waals surface area (Å²) < 4.78 is 2.18. The van der Waals surface area contributed by atoms with Crippen LogP contribution in [-0.4, -0.2) is 42.7 Å². The molecule has 0 aliphatic carbocycles. The quantitative estimate of drug-likeness (QED) is 0.615. The van der Waals surface area contributed by atoms with Gasteiger partial charge in [0, 0.05) is 4.88 Å². The standard InChI is InChI=1S/C14H24N2OSSi/c1-6-15(7-2)13-12(11-9-8-10-18-11)16(14(13)17)19(3,4)5/h8-10,12-13H,6-7H2,1-5H3/t12-,13-/m0/s1. The number of amides is 1. The zero-order valence-electron chi connectivity index (χ0n) is 12.5. The third-order valence-electron chi connectivity index (χ3n) is 3.83. The first-order valence-corrected chi connectivity index (χ1v) is 11.3. The van der Waals surface area contributed by atoms with Crippen LogP contribution in [0.3, 0.4) is 0 Å². The Labute approximate surface area is 121 Å². The van der Waals surface area contributed by atoms with Gasteiger partial charge in [-0.1, -0.05) is 39.6 Å². The summed E-state index contributed by atoms with van der Waals surface area (Å²) in [5.74, 6) is 0.335. The predicted molar refractivity (Wildman–Crippen MR) is 84.0 cm³/mol. The van der Waals surface area contributed by atoms with Crippen LogP contribution in [0.4, 0.5) is 0 Å². The van der Waals surface area contributed by atoms with Gasteiger partial charge in [-0.25, -0.2) is 0 Å². The second kappa shape index (κ2) is 5.38. The molecule has 106 valence electrons. The second-order valence-electron chi connectivity index (χ2n) is 6.01. The largest absolute Gasteiger partial charge is 0.359 e. The highest BCUT2D eigenvalue weighted by Crippen LogP contribution is 2.43. The third-order valence-corrected chi connectivity index (χ3v) is 6.72. The van der Waals surface area contributed by atoms with E-state index in [4.69, 9.17) is 0 Å². The van der Waals surface area contributed by atoms with Gasteiger partial charge in [-0.3, -0.25) is 9.69 Å². The summed E-state index contributed by atoms with van der Waals surface area (Å²) in [6.07, 6.45) is 0. The molecule has 1 fully saturated rings. The van der Waals surface area contributed by atoms with Gasteiger partial charge in [-0.2, -0.15) is 0 Å². The molecule has 2 atom stereocenters. The Kier molecular flexibility index (Phi) is 4.18. The van der Waals surface area contributed by atoms with Gasteiger partial charge >= 0.3 is 0 Å². The van der Waals surface area contributed by atoms with Crippen molar-refractivity contribution < 1.29 is 4.79 Å². The Balaban J connectivity index is 2.33. The number of nitrogens with zero attached hydrogens (tertiary/aromatic N) is 2. The van der Waals surface area contributed by atoms with Gasteiger partial charge in [-0.15, -0.1) is 11.3 Å². The molecule has 1 aliphatic rings. The SMILES string of the molecule is CCN(CC)[C@@H]1C(=O)N([Si](C)(C)C)[C@H]1c1cccs1. The maximum atomic E-state index is 12.6. The molecule has 2 heterocycles. The van der Waals surface area contributed by atoms with Crippen molar-refractivity contribution in [2.75, 3.05) is 13.1 Å². The summed E-state index contributed by atoms with van der Waals surface area (Å²) in [6, 6.07) is 4.59. The van der Waals surface area contributed by atoms with Crippen molar-refractivity contribution in [1.29, 1.82) is 0 Å². The van der Waals surface area contributed by atoms with E-state index in [2.05, 4.69) is 60.5 Å². The monoisotopic (exact) mass is 296 g/mol. The molecule has 0 unspecified atom stereocenters. The first-order chi connectivity index (χ1) is 8.91. The minimum atomic E-state index is -1.61. The van der Waals surface area contributed by atoms with Gasteiger partial charge in [0.1, 0.15) is 6.04 Å². The lowest BCUT2D eigenvalue weighted by Gasteiger charge is -2.56. The maximum Gasteiger partial charge on any atom is 0.235 e. The Morgan fingerprint density at radius 3 is 2.37 bits per heavy atom. The van der Waals surface area contributed by atoms with Crippen LogP contribution in [0.2, 0.25) is 19.6 Å². The van der Waals surface area contributed by atoms with Crippen LogP contribution < -0.4 is 0 Å². The highest BCUT2D eigenvalue weighted by molar-refractivity contribution is 7.10. The van der Waals surface area contributed by atoms with Crippen molar-refractivity contribution in [3.05, 3.63) is 22.4 Å². The Hall–Kier alpha value is -0.653. The van der Waals surface area contributed by atoms with Gasteiger partial charge in [0.2, 0.25) is 5.91 Å². The lowest BCUT2D eigenvalue weighted by atomic mass is 9.95. The number of carbonyl (C=O) groups is 1. The summed E-state index contributed by atoms with van der Waals surface area (Å²) in [4.78, 5) is 16.2. The van der Waals surface area contributed by atoms with Crippen LogP contribution >= 0.6 is 11.3 Å². The number of rotatable bonds is 5. The number of likely N-dealkylation sites (N-methyl/N-ethyl adjacent to an activating group) is 1. The summed E-state index contributed by atoms with van der Waals surface area (Å²) in [5.41, 5.74) is 0. The fourth-order valence-corrected chi connectivity index (χ4v) is 5.78. The number of hydrogen-bond acceptors (Lipinski definition) is 3. The van der Waals surface area contributed by atoms with E-state index in [-0.39, 0.29) is 12.1 Å². The molecule has 1 saturated heterocycles. The molecule has 19 heavy (non-hydrogen) atoms. The maximum absolute atomic E-state index is 12.6. The van der Waals surface area contributed by atoms with Crippen LogP contribution in [0.25, 0.3) is 0 Å². The molecule has 0 N–H and O–H groups in total. The summed E-state index contributed by atoms with van der Waals surface area (Å²) in [6.45, 7) is 12.9. The fourth-order valence-electron chi connectivity index (χ4n) is 2.94. The third kappa shape index (κ3) is 2.51. The second-order valence-corrected chi connectivity index (χ2v) is 11.8. The topological polar surface area (TPSA) is 23.6 Å². The number of thiophene rings is 1. The molecule has 5 heteroatoms. The average molecular weight is 297 g/mol. The Bertz CT molecular complexity index is 437. The van der Waals surface area contributed by atoms with Gasteiger partial charge in [0.05, 0.1) is 6.04 Å². The van der Waals surface area contributed by atoms with Crippen molar-refractivity contribution in [3.8, 4) is 0 Å². The lowest BCUT2D eigenvalue weighted by molar-refractivity contribution is -0.150. The molecule has 1 amide bonds. The zero-order chi connectivity index (χ0) is 14.2. The van der Waals surface area contributed by atoms with Crippen molar-refractivity contribution in [1.82, 2.24) is 9.47 Å². The molecule has 1 aliphatic heterocycles. The first kappa shape index (κ1) is 14.7. The minimum absolute atomic E-state index is 0.0559. The van der Waals surface area contributed by atoms with E-state index in [0.29, 0.717) is 5.91 Å². The van der Waals surface area contributed by atoms with Crippen molar-refractivity contribution in [3.63, 3.8) is 0 Å². The van der Waals surface area contributed by atoms with Crippen LogP contribution in [0.1, 0.15) is 24.8 Å². The summed E-state index contributed by atoms with van der Waals surface area (Å²) >= 11 is 1.77. The van der Waals surface area contributed by atoms with E-state index in [1.54, 1.807) is 11.3 Å². The minimum Gasteiger partial charge on any atom is -0.359 e. The lowest BCUT2D eigenvalue weighted by Crippen LogP contribution is -2.71. The average Bonchev–Trinajstić information content (AvgIpc) is 2.83. The Morgan fingerprint density at radius 2 is 1.95 bits per heavy atom. The summed E-state index contributed by atoms with van der Waals surface area (Å²) in [7, 11) is -1.61. The van der Waals surface area contributed by atoms with E-state index in [0.717, 1.165) is 13.1 Å². The number of hydrogen-bond donors (Lipinski definition) is 0. The van der Waals surface area contributed by atoms with Gasteiger partial charge in [0.25, 0.3) is 0 Å². The van der Waals surface area contributed by atoms with Gasteiger partial charge in [-0.05, 0) is 24.5 Å². The van der Waals surface area contributed by atoms with Crippen molar-refractivity contribution in [2.45, 2.75) is 45.6 Å². The molecule has 3 nitrogen and oxygen atoms in total. The van der Waals surface area contributed by atoms with Crippen molar-refractivity contribution in [2.24, 2.45) is 0 Å². The van der Waals surface area contributed by atoms with Crippen LogP contribution in [0.5, 0.6) is 0 Å². The molecule has 2 rings (SSSR count). The van der Waals surface area contributed by atoms with Crippen LogP contribution in [0.15, 0.2) is 17.5 Å². The molecule has 0 spiro atoms. The number of β-lactam (4-membered cyclic amide) rings is 1. The van der Waals surface area contributed by atoms with Crippen molar-refractivity contribution >= 4 is 25.5 Å². The van der Waals surface area contributed by atoms with E-state index in [9.17, 15) is 4.79 Å². The highest BCUT2D eigenvalue weighted by Gasteiger charge is 2.54. The van der Waals surface area contributed by atoms with Gasteiger partial charge in [0.15, 0.2) is 8.24 Å². The normalized spacial score (nSPS) is 23.9. The molecule has 1 aromatic heterocycles. The Morgan fingerprint density at radius 1 is 1.32 bits per heavy atom. The smallest absolute Gasteiger partial charge is 0.235 e. The van der Waals surface area contributed by atoms with E-state index >= 15 is 0 Å². The highest BCUT2D eigenvalue weighted by atomic mass is 32.1. The molecular formula is C14H24N2OSSi. The molecule has 0 bridgehead atoms.